The van der Waals surface area contributed by atoms with Gasteiger partial charge in [-0.2, -0.15) is 17.9 Å². The molecule has 1 rings (SSSR count). The van der Waals surface area contributed by atoms with E-state index in [9.17, 15) is 26.4 Å². The second kappa shape index (κ2) is 4.69. The molecule has 1 saturated carbocycles. The number of rotatable bonds is 4. The molecular formula is C9H14F3NO4S. The Morgan fingerprint density at radius 3 is 2.06 bits per heavy atom. The molecule has 0 spiro atoms. The Balaban J connectivity index is 3.01. The lowest BCUT2D eigenvalue weighted by Gasteiger charge is -2.29. The van der Waals surface area contributed by atoms with Crippen LogP contribution in [-0.2, 0) is 14.8 Å². The van der Waals surface area contributed by atoms with Gasteiger partial charge in [-0.3, -0.25) is 0 Å². The van der Waals surface area contributed by atoms with Crippen molar-refractivity contribution >= 4 is 16.0 Å². The van der Waals surface area contributed by atoms with Gasteiger partial charge in [0.05, 0.1) is 5.25 Å². The van der Waals surface area contributed by atoms with Crippen LogP contribution in [0.2, 0.25) is 0 Å². The molecule has 1 aliphatic carbocycles. The summed E-state index contributed by atoms with van der Waals surface area (Å²) in [6.45, 7) is 0.307. The molecule has 18 heavy (non-hydrogen) atoms. The molecule has 1 fully saturated rings. The summed E-state index contributed by atoms with van der Waals surface area (Å²) >= 11 is 0. The zero-order valence-corrected chi connectivity index (χ0v) is 10.4. The molecule has 1 aliphatic rings. The van der Waals surface area contributed by atoms with Gasteiger partial charge in [-0.25, -0.2) is 13.2 Å². The normalized spacial score (nSPS) is 21.8. The van der Waals surface area contributed by atoms with Gasteiger partial charge in [-0.1, -0.05) is 12.8 Å². The Morgan fingerprint density at radius 1 is 1.28 bits per heavy atom. The minimum atomic E-state index is -5.20. The van der Waals surface area contributed by atoms with Crippen LogP contribution in [0, 0.1) is 0 Å². The van der Waals surface area contributed by atoms with Crippen LogP contribution in [0.4, 0.5) is 13.2 Å². The van der Waals surface area contributed by atoms with Crippen molar-refractivity contribution in [1.29, 1.82) is 0 Å². The van der Waals surface area contributed by atoms with Crippen molar-refractivity contribution in [3.05, 3.63) is 0 Å². The molecule has 0 aromatic rings. The first-order chi connectivity index (χ1) is 8.01. The number of hydrogen-bond donors (Lipinski definition) is 2. The van der Waals surface area contributed by atoms with Gasteiger partial charge in [-0.15, -0.1) is 0 Å². The van der Waals surface area contributed by atoms with Gasteiger partial charge in [0.2, 0.25) is 15.6 Å². The Bertz CT molecular complexity index is 428. The number of carboxylic acid groups (broad SMARTS) is 1. The molecule has 9 heteroatoms. The first kappa shape index (κ1) is 15.2. The van der Waals surface area contributed by atoms with E-state index >= 15 is 0 Å². The highest BCUT2D eigenvalue weighted by Gasteiger charge is 2.60. The first-order valence-corrected chi connectivity index (χ1v) is 6.88. The summed E-state index contributed by atoms with van der Waals surface area (Å²) < 4.78 is 62.7. The lowest BCUT2D eigenvalue weighted by Crippen LogP contribution is -2.62. The van der Waals surface area contributed by atoms with Gasteiger partial charge in [0.1, 0.15) is 0 Å². The van der Waals surface area contributed by atoms with Crippen LogP contribution in [-0.4, -0.2) is 36.5 Å². The van der Waals surface area contributed by atoms with E-state index < -0.39 is 33.0 Å². The van der Waals surface area contributed by atoms with E-state index in [1.807, 2.05) is 0 Å². The van der Waals surface area contributed by atoms with Crippen LogP contribution >= 0.6 is 0 Å². The third kappa shape index (κ3) is 2.77. The van der Waals surface area contributed by atoms with Crippen molar-refractivity contribution in [2.24, 2.45) is 0 Å². The van der Waals surface area contributed by atoms with Crippen molar-refractivity contribution < 1.29 is 31.5 Å². The molecule has 0 radical (unpaired) electrons. The standard InChI is InChI=1S/C9H14F3NO4S/c1-8(7(14)15,9(10,11)12)13-18(16,17)6-4-2-3-5-6/h6,13H,2-5H2,1H3,(H,14,15). The van der Waals surface area contributed by atoms with E-state index in [-0.39, 0.29) is 12.8 Å². The van der Waals surface area contributed by atoms with Crippen molar-refractivity contribution in [3.8, 4) is 0 Å². The first-order valence-electron chi connectivity index (χ1n) is 5.33. The Kier molecular flexibility index (Phi) is 3.97. The quantitative estimate of drug-likeness (QED) is 0.816. The number of aliphatic carboxylic acids is 1. The zero-order chi connectivity index (χ0) is 14.2. The number of carbonyl (C=O) groups is 1. The average molecular weight is 289 g/mol. The SMILES string of the molecule is CC(NS(=O)(=O)C1CCCC1)(C(=O)O)C(F)(F)F. The van der Waals surface area contributed by atoms with E-state index in [0.29, 0.717) is 19.8 Å². The Labute approximate surface area is 102 Å². The molecule has 0 bridgehead atoms. The highest BCUT2D eigenvalue weighted by molar-refractivity contribution is 7.90. The lowest BCUT2D eigenvalue weighted by molar-refractivity contribution is -0.201. The summed E-state index contributed by atoms with van der Waals surface area (Å²) in [6, 6.07) is 0. The van der Waals surface area contributed by atoms with Crippen LogP contribution in [0.3, 0.4) is 0 Å². The van der Waals surface area contributed by atoms with Crippen LogP contribution in [0.1, 0.15) is 32.6 Å². The second-order valence-electron chi connectivity index (χ2n) is 4.48. The fourth-order valence-electron chi connectivity index (χ4n) is 1.79. The summed E-state index contributed by atoms with van der Waals surface area (Å²) in [5, 5.41) is 7.68. The maximum atomic E-state index is 12.7. The van der Waals surface area contributed by atoms with Gasteiger partial charge in [0, 0.05) is 0 Å². The summed E-state index contributed by atoms with van der Waals surface area (Å²) in [6.07, 6.45) is -3.47. The van der Waals surface area contributed by atoms with E-state index in [0.717, 1.165) is 0 Å². The van der Waals surface area contributed by atoms with E-state index in [4.69, 9.17) is 5.11 Å². The maximum absolute atomic E-state index is 12.7. The molecule has 0 amide bonds. The Morgan fingerprint density at radius 2 is 1.72 bits per heavy atom. The number of hydrogen-bond acceptors (Lipinski definition) is 3. The molecule has 1 atom stereocenters. The van der Waals surface area contributed by atoms with Crippen LogP contribution in [0.25, 0.3) is 0 Å². The van der Waals surface area contributed by atoms with Gasteiger partial charge in [0.15, 0.2) is 0 Å². The minimum absolute atomic E-state index is 0.253. The molecule has 1 unspecified atom stereocenters. The summed E-state index contributed by atoms with van der Waals surface area (Å²) in [5.74, 6) is -2.27. The zero-order valence-electron chi connectivity index (χ0n) is 9.62. The molecule has 5 nitrogen and oxygen atoms in total. The van der Waals surface area contributed by atoms with Crippen LogP contribution < -0.4 is 4.72 Å². The molecular weight excluding hydrogens is 275 g/mol. The van der Waals surface area contributed by atoms with Crippen molar-refractivity contribution in [2.75, 3.05) is 0 Å². The molecule has 0 aliphatic heterocycles. The number of nitrogens with one attached hydrogen (secondary N) is 1. The predicted molar refractivity (Wildman–Crippen MR) is 56.4 cm³/mol. The van der Waals surface area contributed by atoms with E-state index in [2.05, 4.69) is 0 Å². The number of halogens is 3. The monoisotopic (exact) mass is 289 g/mol. The van der Waals surface area contributed by atoms with Gasteiger partial charge >= 0.3 is 12.1 Å². The average Bonchev–Trinajstić information content (AvgIpc) is 2.67. The molecule has 0 saturated heterocycles. The van der Waals surface area contributed by atoms with Gasteiger partial charge < -0.3 is 5.11 Å². The largest absolute Gasteiger partial charge is 0.480 e. The number of alkyl halides is 3. The van der Waals surface area contributed by atoms with Crippen molar-refractivity contribution in [3.63, 3.8) is 0 Å². The van der Waals surface area contributed by atoms with E-state index in [1.165, 1.54) is 4.72 Å². The van der Waals surface area contributed by atoms with Crippen molar-refractivity contribution in [1.82, 2.24) is 4.72 Å². The van der Waals surface area contributed by atoms with E-state index in [1.54, 1.807) is 0 Å². The second-order valence-corrected chi connectivity index (χ2v) is 6.44. The summed E-state index contributed by atoms with van der Waals surface area (Å²) in [7, 11) is -4.30. The van der Waals surface area contributed by atoms with Crippen molar-refractivity contribution in [2.45, 2.75) is 49.6 Å². The Hall–Kier alpha value is -0.830. The molecule has 0 heterocycles. The van der Waals surface area contributed by atoms with Crippen LogP contribution in [0.5, 0.6) is 0 Å². The summed E-state index contributed by atoms with van der Waals surface area (Å²) in [5.41, 5.74) is -3.49. The van der Waals surface area contributed by atoms with Gasteiger partial charge in [-0.05, 0) is 19.8 Å². The predicted octanol–water partition coefficient (Wildman–Crippen LogP) is 1.25. The smallest absolute Gasteiger partial charge is 0.418 e. The molecule has 2 N–H and O–H groups in total. The highest BCUT2D eigenvalue weighted by Crippen LogP contribution is 2.33. The fourth-order valence-corrected chi connectivity index (χ4v) is 3.68. The third-order valence-electron chi connectivity index (χ3n) is 3.08. The van der Waals surface area contributed by atoms with Gasteiger partial charge in [0.25, 0.3) is 0 Å². The summed E-state index contributed by atoms with van der Waals surface area (Å²) in [4.78, 5) is 10.7. The highest BCUT2D eigenvalue weighted by atomic mass is 32.2. The lowest BCUT2D eigenvalue weighted by atomic mass is 10.0. The molecule has 0 aromatic heterocycles. The maximum Gasteiger partial charge on any atom is 0.418 e. The molecule has 0 aromatic carbocycles. The molecule has 106 valence electrons. The third-order valence-corrected chi connectivity index (χ3v) is 5.12. The number of sulfonamides is 1. The topological polar surface area (TPSA) is 83.5 Å². The minimum Gasteiger partial charge on any atom is -0.480 e. The fraction of sp³-hybridized carbons (Fsp3) is 0.889. The van der Waals surface area contributed by atoms with Crippen LogP contribution in [0.15, 0.2) is 0 Å². The number of carboxylic acids is 1.